The molecule has 0 spiro atoms. The molecule has 0 aliphatic carbocycles. The third kappa shape index (κ3) is 5.56. The third-order valence-corrected chi connectivity index (χ3v) is 5.01. The molecule has 2 N–H and O–H groups in total. The van der Waals surface area contributed by atoms with Gasteiger partial charge in [0, 0.05) is 45.0 Å². The summed E-state index contributed by atoms with van der Waals surface area (Å²) in [4.78, 5) is 9.32. The standard InChI is InChI=1S/C19H26N6S/c1-2-20-19(22-12-6-14-25-15-7-13-23-25)21-11-5-10-18-24-16-8-3-4-9-17(16)26-18/h3-4,7-9,13,15H,2,5-6,10-12,14H2,1H3,(H2,20,21,22). The lowest BCUT2D eigenvalue weighted by Gasteiger charge is -2.10. The van der Waals surface area contributed by atoms with Gasteiger partial charge in [-0.15, -0.1) is 11.3 Å². The van der Waals surface area contributed by atoms with Gasteiger partial charge in [0.1, 0.15) is 0 Å². The largest absolute Gasteiger partial charge is 0.357 e. The van der Waals surface area contributed by atoms with E-state index >= 15 is 0 Å². The Hall–Kier alpha value is -2.41. The van der Waals surface area contributed by atoms with Crippen LogP contribution in [0.15, 0.2) is 47.7 Å². The summed E-state index contributed by atoms with van der Waals surface area (Å²) in [7, 11) is 0. The molecule has 0 aliphatic heterocycles. The highest BCUT2D eigenvalue weighted by Crippen LogP contribution is 2.22. The van der Waals surface area contributed by atoms with E-state index < -0.39 is 0 Å². The zero-order valence-corrected chi connectivity index (χ0v) is 16.0. The quantitative estimate of drug-likeness (QED) is 0.345. The predicted octanol–water partition coefficient (Wildman–Crippen LogP) is 3.07. The van der Waals surface area contributed by atoms with Crippen LogP contribution in [-0.2, 0) is 13.0 Å². The lowest BCUT2D eigenvalue weighted by atomic mass is 10.3. The third-order valence-electron chi connectivity index (χ3n) is 3.92. The minimum Gasteiger partial charge on any atom is -0.357 e. The molecule has 2 heterocycles. The van der Waals surface area contributed by atoms with Crippen molar-refractivity contribution < 1.29 is 0 Å². The van der Waals surface area contributed by atoms with Gasteiger partial charge in [-0.3, -0.25) is 9.67 Å². The van der Waals surface area contributed by atoms with Gasteiger partial charge < -0.3 is 10.6 Å². The van der Waals surface area contributed by atoms with E-state index in [4.69, 9.17) is 0 Å². The van der Waals surface area contributed by atoms with E-state index in [9.17, 15) is 0 Å². The molecule has 0 amide bonds. The number of aryl methyl sites for hydroxylation is 2. The van der Waals surface area contributed by atoms with Crippen molar-refractivity contribution in [2.75, 3.05) is 19.6 Å². The second-order valence-electron chi connectivity index (χ2n) is 5.99. The first kappa shape index (κ1) is 18.4. The normalized spacial score (nSPS) is 11.8. The molecule has 2 aromatic heterocycles. The Morgan fingerprint density at radius 2 is 2.12 bits per heavy atom. The maximum Gasteiger partial charge on any atom is 0.191 e. The Kier molecular flexibility index (Phi) is 7.01. The van der Waals surface area contributed by atoms with Crippen LogP contribution >= 0.6 is 11.3 Å². The van der Waals surface area contributed by atoms with E-state index in [1.54, 1.807) is 17.5 Å². The molecule has 26 heavy (non-hydrogen) atoms. The van der Waals surface area contributed by atoms with Gasteiger partial charge in [0.25, 0.3) is 0 Å². The minimum atomic E-state index is 0.785. The number of hydrogen-bond acceptors (Lipinski definition) is 4. The number of benzene rings is 1. The maximum atomic E-state index is 4.69. The highest BCUT2D eigenvalue weighted by Gasteiger charge is 2.03. The number of guanidine groups is 1. The Bertz CT molecular complexity index is 775. The molecule has 0 unspecified atom stereocenters. The lowest BCUT2D eigenvalue weighted by molar-refractivity contribution is 0.583. The summed E-state index contributed by atoms with van der Waals surface area (Å²) >= 11 is 1.79. The topological polar surface area (TPSA) is 67.1 Å². The Balaban J connectivity index is 1.39. The van der Waals surface area contributed by atoms with Crippen molar-refractivity contribution in [1.29, 1.82) is 0 Å². The zero-order valence-electron chi connectivity index (χ0n) is 15.2. The molecule has 1 aromatic carbocycles. The maximum absolute atomic E-state index is 4.69. The first-order chi connectivity index (χ1) is 12.8. The van der Waals surface area contributed by atoms with E-state index in [1.165, 1.54) is 9.71 Å². The fourth-order valence-electron chi connectivity index (χ4n) is 2.67. The van der Waals surface area contributed by atoms with E-state index in [0.29, 0.717) is 0 Å². The number of aliphatic imine (C=N–C) groups is 1. The van der Waals surface area contributed by atoms with Gasteiger partial charge in [-0.05, 0) is 38.0 Å². The average molecular weight is 371 g/mol. The van der Waals surface area contributed by atoms with Gasteiger partial charge in [0.15, 0.2) is 5.96 Å². The van der Waals surface area contributed by atoms with Crippen molar-refractivity contribution in [2.45, 2.75) is 32.7 Å². The predicted molar refractivity (Wildman–Crippen MR) is 109 cm³/mol. The second kappa shape index (κ2) is 9.91. The van der Waals surface area contributed by atoms with Crippen LogP contribution in [0.3, 0.4) is 0 Å². The molecule has 7 heteroatoms. The number of nitrogens with one attached hydrogen (secondary N) is 2. The van der Waals surface area contributed by atoms with E-state index in [-0.39, 0.29) is 0 Å². The van der Waals surface area contributed by atoms with Gasteiger partial charge in [0.05, 0.1) is 15.2 Å². The highest BCUT2D eigenvalue weighted by molar-refractivity contribution is 7.18. The minimum absolute atomic E-state index is 0.785. The van der Waals surface area contributed by atoms with Crippen LogP contribution in [0.5, 0.6) is 0 Å². The van der Waals surface area contributed by atoms with Crippen molar-refractivity contribution in [2.24, 2.45) is 4.99 Å². The molecule has 3 aromatic rings. The van der Waals surface area contributed by atoms with Crippen LogP contribution in [0.25, 0.3) is 10.2 Å². The zero-order chi connectivity index (χ0) is 18.0. The molecule has 138 valence electrons. The Morgan fingerprint density at radius 3 is 2.92 bits per heavy atom. The first-order valence-electron chi connectivity index (χ1n) is 9.19. The molecule has 0 saturated heterocycles. The number of aromatic nitrogens is 3. The van der Waals surface area contributed by atoms with Crippen molar-refractivity contribution >= 4 is 27.5 Å². The van der Waals surface area contributed by atoms with Gasteiger partial charge in [-0.2, -0.15) is 5.10 Å². The first-order valence-corrected chi connectivity index (χ1v) is 10.0. The number of para-hydroxylation sites is 1. The summed E-state index contributed by atoms with van der Waals surface area (Å²) in [5.74, 6) is 0.886. The van der Waals surface area contributed by atoms with Crippen LogP contribution in [0, 0.1) is 0 Å². The summed E-state index contributed by atoms with van der Waals surface area (Å²) in [6, 6.07) is 10.3. The van der Waals surface area contributed by atoms with E-state index in [0.717, 1.165) is 56.9 Å². The monoisotopic (exact) mass is 370 g/mol. The van der Waals surface area contributed by atoms with Crippen LogP contribution in [0.4, 0.5) is 0 Å². The summed E-state index contributed by atoms with van der Waals surface area (Å²) < 4.78 is 3.20. The van der Waals surface area contributed by atoms with E-state index in [2.05, 4.69) is 50.8 Å². The van der Waals surface area contributed by atoms with E-state index in [1.807, 2.05) is 23.0 Å². The second-order valence-corrected chi connectivity index (χ2v) is 7.10. The molecule has 0 aliphatic rings. The fourth-order valence-corrected chi connectivity index (χ4v) is 3.68. The molecule has 3 rings (SSSR count). The van der Waals surface area contributed by atoms with Gasteiger partial charge in [-0.25, -0.2) is 4.98 Å². The molecule has 0 fully saturated rings. The summed E-state index contributed by atoms with van der Waals surface area (Å²) in [5, 5.41) is 12.1. The summed E-state index contributed by atoms with van der Waals surface area (Å²) in [6.07, 6.45) is 6.79. The molecule has 6 nitrogen and oxygen atoms in total. The average Bonchev–Trinajstić information content (AvgIpc) is 3.31. The van der Waals surface area contributed by atoms with Gasteiger partial charge in [-0.1, -0.05) is 12.1 Å². The van der Waals surface area contributed by atoms with Gasteiger partial charge in [0.2, 0.25) is 0 Å². The van der Waals surface area contributed by atoms with Crippen LogP contribution in [0.1, 0.15) is 24.8 Å². The number of rotatable bonds is 9. The number of fused-ring (bicyclic) bond motifs is 1. The fraction of sp³-hybridized carbons (Fsp3) is 0.421. The number of thiazole rings is 1. The SMILES string of the molecule is CCNC(=NCCCn1cccn1)NCCCc1nc2ccccc2s1. The van der Waals surface area contributed by atoms with Crippen molar-refractivity contribution in [3.63, 3.8) is 0 Å². The molecule has 0 bridgehead atoms. The molecule has 0 saturated carbocycles. The summed E-state index contributed by atoms with van der Waals surface area (Å²) in [6.45, 7) is 5.52. The van der Waals surface area contributed by atoms with Crippen LogP contribution in [0.2, 0.25) is 0 Å². The Labute approximate surface area is 158 Å². The molecule has 0 radical (unpaired) electrons. The highest BCUT2D eigenvalue weighted by atomic mass is 32.1. The number of hydrogen-bond donors (Lipinski definition) is 2. The van der Waals surface area contributed by atoms with Crippen LogP contribution < -0.4 is 10.6 Å². The number of nitrogens with zero attached hydrogens (tertiary/aromatic N) is 4. The Morgan fingerprint density at radius 1 is 1.19 bits per heavy atom. The van der Waals surface area contributed by atoms with Gasteiger partial charge >= 0.3 is 0 Å². The van der Waals surface area contributed by atoms with Crippen molar-refractivity contribution in [3.8, 4) is 0 Å². The smallest absolute Gasteiger partial charge is 0.191 e. The van der Waals surface area contributed by atoms with Crippen molar-refractivity contribution in [3.05, 3.63) is 47.7 Å². The molecular weight excluding hydrogens is 344 g/mol. The molecule has 0 atom stereocenters. The molecular formula is C19H26N6S. The lowest BCUT2D eigenvalue weighted by Crippen LogP contribution is -2.38. The summed E-state index contributed by atoms with van der Waals surface area (Å²) in [5.41, 5.74) is 1.10. The van der Waals surface area contributed by atoms with Crippen molar-refractivity contribution in [1.82, 2.24) is 25.4 Å². The van der Waals surface area contributed by atoms with Crippen LogP contribution in [-0.4, -0.2) is 40.4 Å².